The summed E-state index contributed by atoms with van der Waals surface area (Å²) in [7, 11) is 0. The van der Waals surface area contributed by atoms with E-state index in [0.29, 0.717) is 32.1 Å². The minimum absolute atomic E-state index is 0.000897. The van der Waals surface area contributed by atoms with Crippen molar-refractivity contribution < 1.29 is 74.4 Å². The maximum atomic E-state index is 13.5. The molecule has 0 bridgehead atoms. The summed E-state index contributed by atoms with van der Waals surface area (Å²) in [5.74, 6) is -7.31. The highest BCUT2D eigenvalue weighted by atomic mass is 16.4. The zero-order chi connectivity index (χ0) is 44.7. The van der Waals surface area contributed by atoms with Crippen molar-refractivity contribution in [2.45, 2.75) is 116 Å². The smallest absolute Gasteiger partial charge is 0.320 e. The predicted molar refractivity (Wildman–Crippen MR) is 212 cm³/mol. The highest BCUT2D eigenvalue weighted by Crippen LogP contribution is 2.68. The molecular formula is C41H66N4O15. The third-order valence-electron chi connectivity index (χ3n) is 14.9. The summed E-state index contributed by atoms with van der Waals surface area (Å²) in [4.78, 5) is 86.6. The molecule has 4 fully saturated rings. The molecule has 0 aromatic rings. The van der Waals surface area contributed by atoms with Gasteiger partial charge in [0.2, 0.25) is 5.91 Å². The van der Waals surface area contributed by atoms with E-state index in [1.807, 2.05) is 0 Å². The van der Waals surface area contributed by atoms with Gasteiger partial charge in [0, 0.05) is 45.1 Å². The summed E-state index contributed by atoms with van der Waals surface area (Å²) in [6.45, 7) is 3.08. The number of amides is 1. The molecule has 4 saturated carbocycles. The number of rotatable bonds is 24. The summed E-state index contributed by atoms with van der Waals surface area (Å²) in [6.07, 6.45) is 3.82. The number of hydrogen-bond acceptors (Lipinski definition) is 12. The third kappa shape index (κ3) is 11.9. The van der Waals surface area contributed by atoms with Crippen LogP contribution in [0, 0.1) is 46.3 Å². The van der Waals surface area contributed by atoms with Gasteiger partial charge in [-0.15, -0.1) is 0 Å². The summed E-state index contributed by atoms with van der Waals surface area (Å²) in [5, 5.41) is 83.5. The molecule has 19 nitrogen and oxygen atoms in total. The maximum Gasteiger partial charge on any atom is 0.320 e. The van der Waals surface area contributed by atoms with Crippen LogP contribution in [-0.4, -0.2) is 174 Å². The second-order valence-electron chi connectivity index (χ2n) is 18.5. The van der Waals surface area contributed by atoms with E-state index in [1.54, 1.807) is 0 Å². The van der Waals surface area contributed by atoms with Gasteiger partial charge in [-0.2, -0.15) is 0 Å². The SMILES string of the molecule is CC(CCC(=O)O)[C@H]1CCC2C3C(C[C@H](O)[C@@]21C)[C@@]1(C)CC[C@H](NC(=O)CC[C@@H](C(=O)O)N(CCN(CC(=O)O)CC(=O)O)CCN(CC(=O)O)CC(=O)O)C[C@H]1C[C@H]3O. The molecule has 9 N–H and O–H groups in total. The van der Waals surface area contributed by atoms with Crippen molar-refractivity contribution in [3.05, 3.63) is 0 Å². The number of nitrogens with zero attached hydrogens (tertiary/aromatic N) is 3. The van der Waals surface area contributed by atoms with Gasteiger partial charge in [0.15, 0.2) is 0 Å². The second kappa shape index (κ2) is 20.8. The van der Waals surface area contributed by atoms with Gasteiger partial charge in [-0.1, -0.05) is 20.8 Å². The number of fused-ring (bicyclic) bond motifs is 5. The maximum absolute atomic E-state index is 13.5. The first-order chi connectivity index (χ1) is 28.1. The van der Waals surface area contributed by atoms with Crippen molar-refractivity contribution in [3.8, 4) is 0 Å². The summed E-state index contributed by atoms with van der Waals surface area (Å²) < 4.78 is 0. The molecule has 0 aliphatic heterocycles. The fraction of sp³-hybridized carbons (Fsp3) is 0.829. The zero-order valence-corrected chi connectivity index (χ0v) is 35.0. The van der Waals surface area contributed by atoms with Gasteiger partial charge in [0.1, 0.15) is 6.04 Å². The quantitative estimate of drug-likeness (QED) is 0.0655. The Morgan fingerprint density at radius 3 is 1.72 bits per heavy atom. The fourth-order valence-electron chi connectivity index (χ4n) is 12.0. The average molecular weight is 855 g/mol. The number of nitrogens with one attached hydrogen (secondary N) is 1. The van der Waals surface area contributed by atoms with E-state index in [-0.39, 0.29) is 92.4 Å². The van der Waals surface area contributed by atoms with Crippen LogP contribution in [0.2, 0.25) is 0 Å². The number of aliphatic hydroxyl groups excluding tert-OH is 2. The molecule has 4 aliphatic carbocycles. The number of carbonyl (C=O) groups excluding carboxylic acids is 1. The van der Waals surface area contributed by atoms with Crippen LogP contribution in [0.15, 0.2) is 0 Å². The molecule has 4 aliphatic rings. The molecule has 60 heavy (non-hydrogen) atoms. The van der Waals surface area contributed by atoms with Crippen molar-refractivity contribution in [2.24, 2.45) is 46.3 Å². The molecule has 12 atom stereocenters. The average Bonchev–Trinajstić information content (AvgIpc) is 3.49. The van der Waals surface area contributed by atoms with E-state index in [0.717, 1.165) is 29.1 Å². The van der Waals surface area contributed by atoms with E-state index in [1.165, 1.54) is 4.90 Å². The van der Waals surface area contributed by atoms with Crippen molar-refractivity contribution in [1.29, 1.82) is 0 Å². The summed E-state index contributed by atoms with van der Waals surface area (Å²) in [5.41, 5.74) is -0.621. The Labute approximate surface area is 350 Å². The molecule has 0 aromatic carbocycles. The predicted octanol–water partition coefficient (Wildman–Crippen LogP) is 1.05. The van der Waals surface area contributed by atoms with E-state index in [4.69, 9.17) is 0 Å². The molecule has 0 spiro atoms. The van der Waals surface area contributed by atoms with Crippen LogP contribution >= 0.6 is 0 Å². The Morgan fingerprint density at radius 1 is 0.667 bits per heavy atom. The van der Waals surface area contributed by atoms with Crippen LogP contribution in [-0.2, 0) is 33.6 Å². The van der Waals surface area contributed by atoms with Crippen LogP contribution in [0.1, 0.15) is 91.4 Å². The molecule has 4 rings (SSSR count). The first kappa shape index (κ1) is 48.8. The van der Waals surface area contributed by atoms with Crippen molar-refractivity contribution in [3.63, 3.8) is 0 Å². The molecular weight excluding hydrogens is 788 g/mol. The number of carboxylic acids is 6. The topological polar surface area (TPSA) is 303 Å². The molecule has 1 amide bonds. The van der Waals surface area contributed by atoms with Gasteiger partial charge in [0.25, 0.3) is 0 Å². The number of aliphatic carboxylic acids is 6. The highest BCUT2D eigenvalue weighted by molar-refractivity contribution is 5.79. The van der Waals surface area contributed by atoms with Crippen LogP contribution < -0.4 is 5.32 Å². The van der Waals surface area contributed by atoms with E-state index in [2.05, 4.69) is 26.1 Å². The molecule has 0 aromatic heterocycles. The first-order valence-electron chi connectivity index (χ1n) is 21.2. The van der Waals surface area contributed by atoms with Crippen molar-refractivity contribution in [2.75, 3.05) is 52.4 Å². The lowest BCUT2D eigenvalue weighted by molar-refractivity contribution is -0.202. The number of aliphatic hydroxyl groups is 2. The standard InChI is InChI=1S/C41H66N4O15/c1-23(4-9-33(49)50)26-5-6-27-38-28(18-31(47)41(26,27)3)40(2)11-10-25(16-24(40)17-30(38)46)42-32(48)8-7-29(39(59)60)45(14-12-43(19-34(51)52)20-35(53)54)15-13-44(21-36(55)56)22-37(57)58/h23-31,38,46-47H,4-22H2,1-3H3,(H,42,48)(H,49,50)(H,51,52)(H,53,54)(H,55,56)(H,57,58)(H,59,60)/t23?,24-,25-,26+,27?,28?,29-,30+,31-,38?,40-,41+/m0/s1. The molecule has 19 heteroatoms. The molecule has 4 unspecified atom stereocenters. The van der Waals surface area contributed by atoms with Crippen molar-refractivity contribution >= 4 is 41.7 Å². The Morgan fingerprint density at radius 2 is 1.22 bits per heavy atom. The first-order valence-corrected chi connectivity index (χ1v) is 21.2. The lowest BCUT2D eigenvalue weighted by Gasteiger charge is -2.63. The molecule has 0 heterocycles. The van der Waals surface area contributed by atoms with Gasteiger partial charge in [-0.25, -0.2) is 0 Å². The Balaban J connectivity index is 1.42. The van der Waals surface area contributed by atoms with Crippen LogP contribution in [0.25, 0.3) is 0 Å². The Hall–Kier alpha value is -3.91. The second-order valence-corrected chi connectivity index (χ2v) is 18.5. The number of carboxylic acid groups (broad SMARTS) is 6. The Bertz CT molecular complexity index is 1510. The minimum Gasteiger partial charge on any atom is -0.481 e. The zero-order valence-electron chi connectivity index (χ0n) is 35.0. The largest absolute Gasteiger partial charge is 0.481 e. The van der Waals surface area contributed by atoms with E-state index >= 15 is 0 Å². The normalized spacial score (nSPS) is 32.1. The monoisotopic (exact) mass is 854 g/mol. The number of carbonyl (C=O) groups is 7. The van der Waals surface area contributed by atoms with E-state index < -0.39 is 91.6 Å². The van der Waals surface area contributed by atoms with Gasteiger partial charge in [0.05, 0.1) is 38.4 Å². The van der Waals surface area contributed by atoms with Gasteiger partial charge < -0.3 is 46.2 Å². The fourth-order valence-corrected chi connectivity index (χ4v) is 12.0. The lowest BCUT2D eigenvalue weighted by Crippen LogP contribution is -2.63. The molecule has 0 radical (unpaired) electrons. The number of hydrogen-bond donors (Lipinski definition) is 9. The van der Waals surface area contributed by atoms with Crippen molar-refractivity contribution in [1.82, 2.24) is 20.0 Å². The van der Waals surface area contributed by atoms with Gasteiger partial charge in [-0.3, -0.25) is 48.3 Å². The van der Waals surface area contributed by atoms with Gasteiger partial charge in [-0.05, 0) is 104 Å². The van der Waals surface area contributed by atoms with E-state index in [9.17, 15) is 74.4 Å². The van der Waals surface area contributed by atoms with Crippen LogP contribution in [0.3, 0.4) is 0 Å². The van der Waals surface area contributed by atoms with Crippen LogP contribution in [0.5, 0.6) is 0 Å². The van der Waals surface area contributed by atoms with Gasteiger partial charge >= 0.3 is 35.8 Å². The highest BCUT2D eigenvalue weighted by Gasteiger charge is 2.65. The minimum atomic E-state index is -1.34. The summed E-state index contributed by atoms with van der Waals surface area (Å²) in [6, 6.07) is -1.59. The lowest BCUT2D eigenvalue weighted by atomic mass is 9.43. The Kier molecular flexibility index (Phi) is 16.9. The summed E-state index contributed by atoms with van der Waals surface area (Å²) >= 11 is 0. The van der Waals surface area contributed by atoms with Crippen LogP contribution in [0.4, 0.5) is 0 Å². The molecule has 340 valence electrons. The molecule has 0 saturated heterocycles. The third-order valence-corrected chi connectivity index (χ3v) is 14.9.